The lowest BCUT2D eigenvalue weighted by atomic mass is 10.2. The van der Waals surface area contributed by atoms with E-state index in [-0.39, 0.29) is 0 Å². The van der Waals surface area contributed by atoms with Crippen LogP contribution in [0.25, 0.3) is 0 Å². The number of hydroxylamine groups is 1. The lowest BCUT2D eigenvalue weighted by Crippen LogP contribution is -1.96. The summed E-state index contributed by atoms with van der Waals surface area (Å²) >= 11 is 0. The highest BCUT2D eigenvalue weighted by molar-refractivity contribution is 5.43. The molecule has 0 heterocycles. The third kappa shape index (κ3) is 2.57. The second-order valence-electron chi connectivity index (χ2n) is 2.54. The molecule has 0 radical (unpaired) electrons. The predicted molar refractivity (Wildman–Crippen MR) is 46.8 cm³/mol. The lowest BCUT2D eigenvalue weighted by molar-refractivity contribution is -0.497. The molecule has 1 N–H and O–H groups in total. The Bertz CT molecular complexity index is 275. The van der Waals surface area contributed by atoms with Crippen LogP contribution in [0.1, 0.15) is 5.56 Å². The molecule has 0 bridgehead atoms. The number of anilines is 1. The first-order valence-electron chi connectivity index (χ1n) is 3.62. The van der Waals surface area contributed by atoms with Gasteiger partial charge in [-0.15, -0.1) is 5.43 Å². The summed E-state index contributed by atoms with van der Waals surface area (Å²) in [5.41, 5.74) is 4.60. The average Bonchev–Trinajstić information content (AvgIpc) is 2.03. The van der Waals surface area contributed by atoms with Crippen molar-refractivity contribution in [3.63, 3.8) is 0 Å². The second kappa shape index (κ2) is 3.71. The van der Waals surface area contributed by atoms with Gasteiger partial charge >= 0.3 is 0 Å². The number of aryl methyl sites for hydroxylation is 1. The minimum Gasteiger partial charge on any atom is -0.696 e. The molecule has 4 nitrogen and oxygen atoms in total. The largest absolute Gasteiger partial charge is 0.696 e. The van der Waals surface area contributed by atoms with Crippen LogP contribution in [-0.2, 0) is 0 Å². The van der Waals surface area contributed by atoms with Crippen LogP contribution in [-0.4, -0.2) is 11.9 Å². The summed E-state index contributed by atoms with van der Waals surface area (Å²) in [6.45, 7) is 2.00. The van der Waals surface area contributed by atoms with E-state index in [0.29, 0.717) is 4.86 Å². The Kier molecular flexibility index (Phi) is 2.63. The summed E-state index contributed by atoms with van der Waals surface area (Å²) in [5.74, 6) is 0. The van der Waals surface area contributed by atoms with E-state index >= 15 is 0 Å². The minimum absolute atomic E-state index is 0.472. The van der Waals surface area contributed by atoms with E-state index in [1.165, 1.54) is 12.6 Å². The molecule has 4 heteroatoms. The molecule has 0 aliphatic carbocycles. The Morgan fingerprint density at radius 2 is 1.92 bits per heavy atom. The van der Waals surface area contributed by atoms with Crippen molar-refractivity contribution in [2.24, 2.45) is 5.22 Å². The van der Waals surface area contributed by atoms with Crippen molar-refractivity contribution in [1.29, 1.82) is 0 Å². The van der Waals surface area contributed by atoms with Gasteiger partial charge in [-0.1, -0.05) is 17.7 Å². The molecule has 0 amide bonds. The lowest BCUT2D eigenvalue weighted by Gasteiger charge is -1.97. The van der Waals surface area contributed by atoms with E-state index in [2.05, 4.69) is 10.6 Å². The molecular formula is C8H11N3O. The zero-order valence-corrected chi connectivity index (χ0v) is 7.11. The van der Waals surface area contributed by atoms with E-state index in [1.54, 1.807) is 0 Å². The van der Waals surface area contributed by atoms with Crippen LogP contribution in [0.4, 0.5) is 5.69 Å². The predicted octanol–water partition coefficient (Wildman–Crippen LogP) is 1.91. The first-order valence-corrected chi connectivity index (χ1v) is 3.62. The van der Waals surface area contributed by atoms with E-state index in [4.69, 9.17) is 0 Å². The number of hydrogen-bond donors (Lipinski definition) is 1. The summed E-state index contributed by atoms with van der Waals surface area (Å²) in [7, 11) is 1.32. The molecule has 64 valence electrons. The van der Waals surface area contributed by atoms with Crippen LogP contribution in [0, 0.1) is 12.1 Å². The van der Waals surface area contributed by atoms with Gasteiger partial charge in [-0.05, 0) is 19.1 Å². The van der Waals surface area contributed by atoms with Gasteiger partial charge in [0.15, 0.2) is 0 Å². The maximum Gasteiger partial charge on any atom is 0.146 e. The van der Waals surface area contributed by atoms with Crippen molar-refractivity contribution in [2.45, 2.75) is 6.92 Å². The molecule has 0 aliphatic rings. The molecule has 0 fully saturated rings. The summed E-state index contributed by atoms with van der Waals surface area (Å²) in [4.78, 5) is 0.472. The van der Waals surface area contributed by atoms with E-state index in [9.17, 15) is 5.21 Å². The normalized spacial score (nSPS) is 11.3. The molecule has 1 aromatic rings. The highest BCUT2D eigenvalue weighted by atomic mass is 16.5. The van der Waals surface area contributed by atoms with Crippen LogP contribution in [0.5, 0.6) is 0 Å². The number of hydrogen-bond acceptors (Lipinski definition) is 2. The van der Waals surface area contributed by atoms with Crippen molar-refractivity contribution in [3.8, 4) is 0 Å². The Hall–Kier alpha value is -1.58. The van der Waals surface area contributed by atoms with Crippen molar-refractivity contribution in [1.82, 2.24) is 0 Å². The maximum atomic E-state index is 10.4. The Morgan fingerprint density at radius 3 is 2.42 bits per heavy atom. The first kappa shape index (κ1) is 8.52. The Balaban J connectivity index is 2.65. The van der Waals surface area contributed by atoms with Gasteiger partial charge in [-0.25, -0.2) is 0 Å². The standard InChI is InChI=1S/C8H11N3O/c1-7-3-5-8(6-4-7)9-10-11(2)12/h3-6,9H,1-2H3. The molecule has 0 unspecified atom stereocenters. The van der Waals surface area contributed by atoms with E-state index < -0.39 is 0 Å². The van der Waals surface area contributed by atoms with Crippen LogP contribution in [0.3, 0.4) is 0 Å². The van der Waals surface area contributed by atoms with Crippen LogP contribution in [0.15, 0.2) is 29.5 Å². The zero-order chi connectivity index (χ0) is 8.97. The van der Waals surface area contributed by atoms with Gasteiger partial charge in [0.2, 0.25) is 0 Å². The Morgan fingerprint density at radius 1 is 1.33 bits per heavy atom. The minimum atomic E-state index is 0.472. The fourth-order valence-corrected chi connectivity index (χ4v) is 0.756. The topological polar surface area (TPSA) is 50.5 Å². The fraction of sp³-hybridized carbons (Fsp3) is 0.250. The zero-order valence-electron chi connectivity index (χ0n) is 7.11. The van der Waals surface area contributed by atoms with Gasteiger partial charge < -0.3 is 5.21 Å². The van der Waals surface area contributed by atoms with Crippen molar-refractivity contribution in [2.75, 3.05) is 12.5 Å². The van der Waals surface area contributed by atoms with E-state index in [0.717, 1.165) is 5.69 Å². The Labute approximate surface area is 71.1 Å². The van der Waals surface area contributed by atoms with Crippen LogP contribution < -0.4 is 5.43 Å². The number of nitrogens with one attached hydrogen (secondary N) is 1. The summed E-state index contributed by atoms with van der Waals surface area (Å²) in [5, 5.41) is 13.8. The highest BCUT2D eigenvalue weighted by Crippen LogP contribution is 2.07. The van der Waals surface area contributed by atoms with Gasteiger partial charge in [0.1, 0.15) is 12.7 Å². The summed E-state index contributed by atoms with van der Waals surface area (Å²) in [6, 6.07) is 7.62. The molecular weight excluding hydrogens is 154 g/mol. The maximum absolute atomic E-state index is 10.4. The molecule has 12 heavy (non-hydrogen) atoms. The van der Waals surface area contributed by atoms with Gasteiger partial charge in [0.05, 0.1) is 5.22 Å². The van der Waals surface area contributed by atoms with Gasteiger partial charge in [0, 0.05) is 0 Å². The smallest absolute Gasteiger partial charge is 0.146 e. The quantitative estimate of drug-likeness (QED) is 0.413. The van der Waals surface area contributed by atoms with Gasteiger partial charge in [-0.2, -0.15) is 4.86 Å². The van der Waals surface area contributed by atoms with Crippen molar-refractivity contribution in [3.05, 3.63) is 35.0 Å². The number of benzene rings is 1. The fourth-order valence-electron chi connectivity index (χ4n) is 0.756. The van der Waals surface area contributed by atoms with Gasteiger partial charge in [0.25, 0.3) is 0 Å². The molecule has 0 saturated heterocycles. The molecule has 1 rings (SSSR count). The summed E-state index contributed by atoms with van der Waals surface area (Å²) in [6.07, 6.45) is 0. The molecule has 0 saturated carbocycles. The van der Waals surface area contributed by atoms with Crippen LogP contribution in [0.2, 0.25) is 0 Å². The highest BCUT2D eigenvalue weighted by Gasteiger charge is 1.92. The molecule has 1 aromatic carbocycles. The molecule has 0 atom stereocenters. The third-order valence-corrected chi connectivity index (χ3v) is 1.37. The molecule has 0 spiro atoms. The average molecular weight is 165 g/mol. The molecule has 0 aliphatic heterocycles. The third-order valence-electron chi connectivity index (χ3n) is 1.37. The SMILES string of the molecule is Cc1ccc(NN=[N+](C)[O-])cc1. The number of nitrogens with zero attached hydrogens (tertiary/aromatic N) is 2. The van der Waals surface area contributed by atoms with Crippen molar-refractivity contribution < 1.29 is 4.86 Å². The van der Waals surface area contributed by atoms with Crippen LogP contribution >= 0.6 is 0 Å². The van der Waals surface area contributed by atoms with Crippen molar-refractivity contribution >= 4 is 5.69 Å². The number of rotatable bonds is 2. The van der Waals surface area contributed by atoms with E-state index in [1.807, 2.05) is 31.2 Å². The second-order valence-corrected chi connectivity index (χ2v) is 2.54. The summed E-state index contributed by atoms with van der Waals surface area (Å²) < 4.78 is 0. The molecule has 0 aromatic heterocycles. The first-order chi connectivity index (χ1) is 5.68. The monoisotopic (exact) mass is 165 g/mol. The van der Waals surface area contributed by atoms with Gasteiger partial charge in [-0.3, -0.25) is 0 Å².